The predicted molar refractivity (Wildman–Crippen MR) is 72.5 cm³/mol. The third kappa shape index (κ3) is 9.78. The lowest BCUT2D eigenvalue weighted by molar-refractivity contribution is -0.134. The van der Waals surface area contributed by atoms with Crippen LogP contribution in [0.1, 0.15) is 27.7 Å². The van der Waals surface area contributed by atoms with Gasteiger partial charge in [0.2, 0.25) is 0 Å². The molecule has 7 nitrogen and oxygen atoms in total. The minimum atomic E-state index is -1.06. The number of carboxylic acid groups (broad SMARTS) is 2. The number of hydrogen-bond donors (Lipinski definition) is 3. The van der Waals surface area contributed by atoms with Gasteiger partial charge in [-0.2, -0.15) is 0 Å². The van der Waals surface area contributed by atoms with Crippen LogP contribution in [-0.4, -0.2) is 56.8 Å². The quantitative estimate of drug-likeness (QED) is 0.626. The van der Waals surface area contributed by atoms with Crippen LogP contribution >= 0.6 is 0 Å². The summed E-state index contributed by atoms with van der Waals surface area (Å²) < 4.78 is 0. The molecule has 7 heteroatoms. The van der Waals surface area contributed by atoms with Crippen molar-refractivity contribution in [3.8, 4) is 0 Å². The molecule has 2 unspecified atom stereocenters. The number of aliphatic hydroxyl groups excluding tert-OH is 1. The van der Waals surface area contributed by atoms with Crippen molar-refractivity contribution in [2.75, 3.05) is 6.54 Å². The summed E-state index contributed by atoms with van der Waals surface area (Å²) in [7, 11) is 0. The van der Waals surface area contributed by atoms with E-state index in [4.69, 9.17) is 20.1 Å². The second kappa shape index (κ2) is 10.1. The van der Waals surface area contributed by atoms with E-state index in [1.165, 1.54) is 6.92 Å². The van der Waals surface area contributed by atoms with E-state index in [9.17, 15) is 4.79 Å². The summed E-state index contributed by atoms with van der Waals surface area (Å²) in [6.07, 6.45) is -0.120. The molecule has 3 N–H and O–H groups in total. The molecule has 1 aliphatic rings. The number of carboxylic acids is 1. The largest absolute Gasteiger partial charge is 0.481 e. The van der Waals surface area contributed by atoms with Crippen LogP contribution in [-0.2, 0) is 4.79 Å². The molecule has 1 rings (SSSR count). The molecule has 0 radical (unpaired) electrons. The summed E-state index contributed by atoms with van der Waals surface area (Å²) in [5, 5.41) is 25.3. The van der Waals surface area contributed by atoms with E-state index in [0.29, 0.717) is 6.54 Å². The van der Waals surface area contributed by atoms with Crippen LogP contribution in [0.15, 0.2) is 17.6 Å². The van der Waals surface area contributed by atoms with Crippen molar-refractivity contribution >= 4 is 17.9 Å². The average molecular weight is 274 g/mol. The van der Waals surface area contributed by atoms with Gasteiger partial charge in [-0.05, 0) is 20.8 Å². The first kappa shape index (κ1) is 19.4. The second-order valence-corrected chi connectivity index (χ2v) is 3.83. The summed E-state index contributed by atoms with van der Waals surface area (Å²) in [5.74, 6) is -0.588. The van der Waals surface area contributed by atoms with Gasteiger partial charge < -0.3 is 15.3 Å². The number of amides is 1. The van der Waals surface area contributed by atoms with E-state index < -0.39 is 18.2 Å². The maximum Gasteiger partial charge on any atom is 0.412 e. The molecule has 0 saturated heterocycles. The first-order valence-electron chi connectivity index (χ1n) is 5.70. The molecular weight excluding hydrogens is 252 g/mol. The Bertz CT molecular complexity index is 335. The van der Waals surface area contributed by atoms with Gasteiger partial charge >= 0.3 is 6.09 Å². The zero-order valence-corrected chi connectivity index (χ0v) is 11.7. The zero-order chi connectivity index (χ0) is 15.6. The van der Waals surface area contributed by atoms with Gasteiger partial charge in [0.05, 0.1) is 12.6 Å². The Balaban J connectivity index is 0. The lowest BCUT2D eigenvalue weighted by Crippen LogP contribution is -2.39. The highest BCUT2D eigenvalue weighted by atomic mass is 16.4. The third-order valence-corrected chi connectivity index (χ3v) is 1.68. The number of allylic oxidation sites excluding steroid dienone is 1. The smallest absolute Gasteiger partial charge is 0.412 e. The SMILES string of the molecule is C=CC.CC(=O)O.CC1CN(C(=O)O)C(C(C)O)=N1. The van der Waals surface area contributed by atoms with Gasteiger partial charge in [0.25, 0.3) is 5.97 Å². The molecular formula is C12H22N2O5. The standard InChI is InChI=1S/C7H12N2O3.C3H6.C2H4O2/c1-4-3-9(7(11)12)6(8-4)5(2)10;1-3-2;1-2(3)4/h4-5,10H,3H2,1-2H3,(H,11,12);3H,1H2,2H3;1H3,(H,3,4). The molecule has 19 heavy (non-hydrogen) atoms. The third-order valence-electron chi connectivity index (χ3n) is 1.68. The van der Waals surface area contributed by atoms with E-state index >= 15 is 0 Å². The first-order chi connectivity index (χ1) is 8.67. The van der Waals surface area contributed by atoms with Crippen LogP contribution in [0.4, 0.5) is 4.79 Å². The van der Waals surface area contributed by atoms with E-state index in [1.54, 1.807) is 6.08 Å². The minimum absolute atomic E-state index is 0.0503. The van der Waals surface area contributed by atoms with Crippen molar-refractivity contribution in [2.24, 2.45) is 4.99 Å². The van der Waals surface area contributed by atoms with Gasteiger partial charge in [-0.25, -0.2) is 4.79 Å². The van der Waals surface area contributed by atoms with E-state index in [1.807, 2.05) is 13.8 Å². The van der Waals surface area contributed by atoms with Crippen molar-refractivity contribution in [3.63, 3.8) is 0 Å². The van der Waals surface area contributed by atoms with Gasteiger partial charge in [0, 0.05) is 6.92 Å². The van der Waals surface area contributed by atoms with E-state index in [2.05, 4.69) is 11.6 Å². The monoisotopic (exact) mass is 274 g/mol. The lowest BCUT2D eigenvalue weighted by Gasteiger charge is -2.15. The van der Waals surface area contributed by atoms with Crippen LogP contribution in [0.2, 0.25) is 0 Å². The molecule has 1 heterocycles. The topological polar surface area (TPSA) is 110 Å². The molecule has 1 aliphatic heterocycles. The number of hydrogen-bond acceptors (Lipinski definition) is 4. The fourth-order valence-electron chi connectivity index (χ4n) is 1.20. The van der Waals surface area contributed by atoms with Gasteiger partial charge in [-0.3, -0.25) is 14.7 Å². The predicted octanol–water partition coefficient (Wildman–Crippen LogP) is 1.43. The molecule has 0 aromatic carbocycles. The molecule has 0 spiro atoms. The van der Waals surface area contributed by atoms with Crippen LogP contribution in [0.3, 0.4) is 0 Å². The van der Waals surface area contributed by atoms with Crippen molar-refractivity contribution < 1.29 is 24.9 Å². The van der Waals surface area contributed by atoms with Crippen LogP contribution in [0, 0.1) is 0 Å². The van der Waals surface area contributed by atoms with Crippen molar-refractivity contribution in [1.29, 1.82) is 0 Å². The number of rotatable bonds is 1. The number of carbonyl (C=O) groups is 2. The van der Waals surface area contributed by atoms with Crippen LogP contribution < -0.4 is 0 Å². The van der Waals surface area contributed by atoms with Gasteiger partial charge in [0.15, 0.2) is 0 Å². The molecule has 1 amide bonds. The van der Waals surface area contributed by atoms with E-state index in [0.717, 1.165) is 11.8 Å². The Hall–Kier alpha value is -1.89. The Morgan fingerprint density at radius 2 is 1.89 bits per heavy atom. The highest BCUT2D eigenvalue weighted by molar-refractivity contribution is 5.98. The molecule has 2 atom stereocenters. The fourth-order valence-corrected chi connectivity index (χ4v) is 1.20. The maximum atomic E-state index is 10.6. The Morgan fingerprint density at radius 3 is 2.11 bits per heavy atom. The average Bonchev–Trinajstić information content (AvgIpc) is 2.60. The molecule has 110 valence electrons. The van der Waals surface area contributed by atoms with E-state index in [-0.39, 0.29) is 11.9 Å². The summed E-state index contributed by atoms with van der Waals surface area (Å²) in [6, 6.07) is -0.0503. The minimum Gasteiger partial charge on any atom is -0.481 e. The molecule has 0 aliphatic carbocycles. The fraction of sp³-hybridized carbons (Fsp3) is 0.583. The maximum absolute atomic E-state index is 10.6. The van der Waals surface area contributed by atoms with Crippen LogP contribution in [0.5, 0.6) is 0 Å². The zero-order valence-electron chi connectivity index (χ0n) is 11.7. The first-order valence-corrected chi connectivity index (χ1v) is 5.70. The van der Waals surface area contributed by atoms with Gasteiger partial charge in [0.1, 0.15) is 11.9 Å². The highest BCUT2D eigenvalue weighted by Crippen LogP contribution is 2.11. The Labute approximate surface area is 112 Å². The van der Waals surface area contributed by atoms with Gasteiger partial charge in [-0.1, -0.05) is 6.08 Å². The van der Waals surface area contributed by atoms with Gasteiger partial charge in [-0.15, -0.1) is 6.58 Å². The second-order valence-electron chi connectivity index (χ2n) is 3.83. The van der Waals surface area contributed by atoms with Crippen LogP contribution in [0.25, 0.3) is 0 Å². The lowest BCUT2D eigenvalue weighted by atomic mass is 10.3. The summed E-state index contributed by atoms with van der Waals surface area (Å²) >= 11 is 0. The number of amidine groups is 1. The summed E-state index contributed by atoms with van der Waals surface area (Å²) in [6.45, 7) is 9.99. The Kier molecular flexibility index (Phi) is 10.3. The van der Waals surface area contributed by atoms with Crippen molar-refractivity contribution in [2.45, 2.75) is 39.8 Å². The number of nitrogens with zero attached hydrogens (tertiary/aromatic N) is 2. The van der Waals surface area contributed by atoms with Crippen molar-refractivity contribution in [3.05, 3.63) is 12.7 Å². The molecule has 0 bridgehead atoms. The number of aliphatic hydroxyl groups is 1. The highest BCUT2D eigenvalue weighted by Gasteiger charge is 2.29. The molecule has 0 saturated carbocycles. The normalized spacial score (nSPS) is 18.1. The molecule has 0 aromatic heterocycles. The number of aliphatic imine (C=N–C) groups is 1. The summed E-state index contributed by atoms with van der Waals surface area (Å²) in [5.41, 5.74) is 0. The number of aliphatic carboxylic acids is 1. The molecule has 0 fully saturated rings. The Morgan fingerprint density at radius 1 is 1.53 bits per heavy atom. The summed E-state index contributed by atoms with van der Waals surface area (Å²) in [4.78, 5) is 24.7. The molecule has 0 aromatic rings. The van der Waals surface area contributed by atoms with Crippen molar-refractivity contribution in [1.82, 2.24) is 4.90 Å².